The first kappa shape index (κ1) is 19.8. The molecule has 30 heavy (non-hydrogen) atoms. The lowest BCUT2D eigenvalue weighted by atomic mass is 9.84. The van der Waals surface area contributed by atoms with Gasteiger partial charge in [0.15, 0.2) is 0 Å². The van der Waals surface area contributed by atoms with Gasteiger partial charge in [-0.25, -0.2) is 14.2 Å². The van der Waals surface area contributed by atoms with Crippen molar-refractivity contribution in [2.75, 3.05) is 19.6 Å². The molecule has 5 rings (SSSR count). The number of hydrogen-bond acceptors (Lipinski definition) is 5. The van der Waals surface area contributed by atoms with E-state index in [0.29, 0.717) is 31.4 Å². The van der Waals surface area contributed by atoms with Gasteiger partial charge in [0.05, 0.1) is 30.2 Å². The van der Waals surface area contributed by atoms with Crippen molar-refractivity contribution in [3.05, 3.63) is 63.9 Å². The van der Waals surface area contributed by atoms with Crippen molar-refractivity contribution in [2.45, 2.75) is 37.2 Å². The van der Waals surface area contributed by atoms with E-state index in [1.807, 2.05) is 25.3 Å². The lowest BCUT2D eigenvalue weighted by molar-refractivity contribution is -0.124. The number of benzene rings is 1. The van der Waals surface area contributed by atoms with Gasteiger partial charge in [-0.1, -0.05) is 29.8 Å². The van der Waals surface area contributed by atoms with Crippen LogP contribution in [-0.2, 0) is 21.7 Å². The third kappa shape index (κ3) is 3.20. The molecule has 1 N–H and O–H groups in total. The van der Waals surface area contributed by atoms with E-state index in [-0.39, 0.29) is 16.4 Å². The van der Waals surface area contributed by atoms with Gasteiger partial charge in [0, 0.05) is 19.2 Å². The van der Waals surface area contributed by atoms with Crippen molar-refractivity contribution in [2.24, 2.45) is 4.40 Å². The summed E-state index contributed by atoms with van der Waals surface area (Å²) in [5, 5.41) is 3.35. The fourth-order valence-corrected chi connectivity index (χ4v) is 5.43. The number of likely N-dealkylation sites (tertiary alicyclic amines) is 1. The van der Waals surface area contributed by atoms with Crippen molar-refractivity contribution in [1.29, 1.82) is 0 Å². The van der Waals surface area contributed by atoms with E-state index in [0.717, 1.165) is 23.3 Å². The van der Waals surface area contributed by atoms with Gasteiger partial charge >= 0.3 is 6.03 Å². The second-order valence-corrected chi connectivity index (χ2v) is 9.91. The molecule has 1 aromatic heterocycles. The fourth-order valence-electron chi connectivity index (χ4n) is 4.41. The summed E-state index contributed by atoms with van der Waals surface area (Å²) in [6, 6.07) is 10.3. The molecule has 3 aliphatic heterocycles. The predicted octanol–water partition coefficient (Wildman–Crippen LogP) is 4.26. The van der Waals surface area contributed by atoms with Crippen LogP contribution in [0.25, 0.3) is 0 Å². The van der Waals surface area contributed by atoms with E-state index in [2.05, 4.69) is 35.4 Å². The molecule has 0 aliphatic carbocycles. The minimum absolute atomic E-state index is 0.0231. The van der Waals surface area contributed by atoms with E-state index in [1.54, 1.807) is 16.8 Å². The highest BCUT2D eigenvalue weighted by atomic mass is 35.5. The van der Waals surface area contributed by atoms with Gasteiger partial charge in [-0.15, -0.1) is 0 Å². The summed E-state index contributed by atoms with van der Waals surface area (Å²) < 4.78 is 10.8. The molecule has 156 valence electrons. The Morgan fingerprint density at radius 1 is 1.33 bits per heavy atom. The Balaban J connectivity index is 1.32. The number of hydrogen-bond donors (Lipinski definition) is 1. The topological polar surface area (TPSA) is 66.8 Å². The highest BCUT2D eigenvalue weighted by Gasteiger charge is 2.51. The number of pyridine rings is 1. The zero-order valence-corrected chi connectivity index (χ0v) is 18.5. The summed E-state index contributed by atoms with van der Waals surface area (Å²) in [6.07, 6.45) is 2.67. The molecule has 1 aromatic carbocycles. The molecule has 6 nitrogen and oxygen atoms in total. The van der Waals surface area contributed by atoms with Crippen LogP contribution >= 0.6 is 23.5 Å². The van der Waals surface area contributed by atoms with Gasteiger partial charge < -0.3 is 15.0 Å². The minimum atomic E-state index is -0.353. The summed E-state index contributed by atoms with van der Waals surface area (Å²) in [6.45, 7) is 6.52. The van der Waals surface area contributed by atoms with Gasteiger partial charge in [-0.3, -0.25) is 0 Å². The molecule has 1 saturated heterocycles. The Kier molecular flexibility index (Phi) is 4.80. The minimum Gasteiger partial charge on any atom is -0.362 e. The normalized spacial score (nSPS) is 23.8. The van der Waals surface area contributed by atoms with E-state index in [4.69, 9.17) is 20.7 Å². The zero-order chi connectivity index (χ0) is 20.9. The molecular formula is C22H23ClN4O2S. The van der Waals surface area contributed by atoms with Crippen LogP contribution in [0.4, 0.5) is 4.79 Å². The molecule has 3 aliphatic rings. The van der Waals surface area contributed by atoms with E-state index >= 15 is 0 Å². The first-order valence-corrected chi connectivity index (χ1v) is 11.3. The van der Waals surface area contributed by atoms with Gasteiger partial charge in [-0.05, 0) is 60.2 Å². The number of aromatic nitrogens is 1. The Morgan fingerprint density at radius 3 is 2.90 bits per heavy atom. The number of nitrogens with one attached hydrogen (secondary N) is 1. The second-order valence-electron chi connectivity index (χ2n) is 8.25. The zero-order valence-electron chi connectivity index (χ0n) is 16.9. The lowest BCUT2D eigenvalue weighted by Crippen LogP contribution is -2.63. The smallest absolute Gasteiger partial charge is 0.317 e. The molecule has 1 spiro atoms. The number of fused-ring (bicyclic) bond motifs is 2. The van der Waals surface area contributed by atoms with Crippen LogP contribution in [0.2, 0.25) is 5.15 Å². The number of halogens is 1. The molecular weight excluding hydrogens is 420 g/mol. The molecule has 0 saturated carbocycles. The van der Waals surface area contributed by atoms with E-state index in [9.17, 15) is 4.79 Å². The first-order chi connectivity index (χ1) is 14.4. The number of carbonyl (C=O) groups excluding carboxylic acids is 1. The summed E-state index contributed by atoms with van der Waals surface area (Å²) in [5.41, 5.74) is 5.37. The van der Waals surface area contributed by atoms with Crippen molar-refractivity contribution in [3.63, 3.8) is 0 Å². The molecule has 1 fully saturated rings. The summed E-state index contributed by atoms with van der Waals surface area (Å²) in [5.74, 6) is 0. The molecule has 4 heterocycles. The summed E-state index contributed by atoms with van der Waals surface area (Å²) >= 11 is 7.53. The third-order valence-corrected chi connectivity index (χ3v) is 7.46. The Bertz CT molecular complexity index is 1040. The molecule has 0 radical (unpaired) electrons. The lowest BCUT2D eigenvalue weighted by Gasteiger charge is -2.47. The van der Waals surface area contributed by atoms with Crippen molar-refractivity contribution < 1.29 is 9.53 Å². The number of ether oxygens (including phenoxy) is 1. The molecule has 1 unspecified atom stereocenters. The Labute approximate surface area is 185 Å². The van der Waals surface area contributed by atoms with Gasteiger partial charge in [-0.2, -0.15) is 0 Å². The maximum atomic E-state index is 12.0. The summed E-state index contributed by atoms with van der Waals surface area (Å²) in [4.78, 5) is 18.1. The number of carbonyl (C=O) groups is 1. The number of urea groups is 1. The summed E-state index contributed by atoms with van der Waals surface area (Å²) in [7, 11) is 0. The standard InChI is InChI=1S/C22H23ClN4O2S/c1-3-24-20(28)27-12-22(13-27)17-6-4-14(8-15(17)11-29-22)18-9-21(2,30-26-18)16-5-7-19(23)25-10-16/h4-8,10H,3,9,11-13H2,1-2H3,(H,24,28). The van der Waals surface area contributed by atoms with Crippen LogP contribution in [0.1, 0.15) is 42.5 Å². The van der Waals surface area contributed by atoms with Crippen LogP contribution in [0.5, 0.6) is 0 Å². The monoisotopic (exact) mass is 442 g/mol. The third-order valence-electron chi connectivity index (χ3n) is 6.14. The van der Waals surface area contributed by atoms with Crippen LogP contribution in [-0.4, -0.2) is 41.3 Å². The fraction of sp³-hybridized carbons (Fsp3) is 0.409. The van der Waals surface area contributed by atoms with Gasteiger partial charge in [0.1, 0.15) is 10.8 Å². The molecule has 8 heteroatoms. The van der Waals surface area contributed by atoms with Crippen molar-refractivity contribution in [1.82, 2.24) is 15.2 Å². The molecule has 2 aromatic rings. The van der Waals surface area contributed by atoms with Crippen LogP contribution < -0.4 is 5.32 Å². The average molecular weight is 443 g/mol. The number of amides is 2. The quantitative estimate of drug-likeness (QED) is 0.569. The maximum absolute atomic E-state index is 12.0. The molecule has 0 bridgehead atoms. The Morgan fingerprint density at radius 2 is 2.17 bits per heavy atom. The van der Waals surface area contributed by atoms with E-state index < -0.39 is 0 Å². The van der Waals surface area contributed by atoms with Gasteiger partial charge in [0.25, 0.3) is 0 Å². The van der Waals surface area contributed by atoms with Gasteiger partial charge in [0.2, 0.25) is 0 Å². The largest absolute Gasteiger partial charge is 0.362 e. The second kappa shape index (κ2) is 7.25. The average Bonchev–Trinajstić information content (AvgIpc) is 3.29. The highest BCUT2D eigenvalue weighted by Crippen LogP contribution is 2.48. The SMILES string of the molecule is CCNC(=O)N1CC2(C1)OCc1cc(C3=NSC(C)(c4ccc(Cl)nc4)C3)ccc12. The van der Waals surface area contributed by atoms with Crippen LogP contribution in [0, 0.1) is 0 Å². The van der Waals surface area contributed by atoms with Crippen LogP contribution in [0.3, 0.4) is 0 Å². The van der Waals surface area contributed by atoms with Crippen molar-refractivity contribution in [3.8, 4) is 0 Å². The molecule has 1 atom stereocenters. The van der Waals surface area contributed by atoms with Crippen molar-refractivity contribution >= 4 is 35.3 Å². The first-order valence-electron chi connectivity index (χ1n) is 10.1. The number of rotatable bonds is 3. The highest BCUT2D eigenvalue weighted by molar-refractivity contribution is 7.99. The number of nitrogens with zero attached hydrogens (tertiary/aromatic N) is 3. The maximum Gasteiger partial charge on any atom is 0.317 e. The predicted molar refractivity (Wildman–Crippen MR) is 119 cm³/mol. The van der Waals surface area contributed by atoms with Crippen LogP contribution in [0.15, 0.2) is 40.9 Å². The molecule has 2 amide bonds. The van der Waals surface area contributed by atoms with E-state index in [1.165, 1.54) is 11.1 Å². The Hall–Kier alpha value is -2.09.